The molecule has 1 heterocycles. The minimum absolute atomic E-state index is 0.197. The number of hydrogen-bond donors (Lipinski definition) is 1. The summed E-state index contributed by atoms with van der Waals surface area (Å²) in [6, 6.07) is 7.05. The fourth-order valence-electron chi connectivity index (χ4n) is 1.98. The number of halogens is 2. The van der Waals surface area contributed by atoms with Crippen molar-refractivity contribution in [1.82, 2.24) is 5.32 Å². The molecule has 0 aliphatic heterocycles. The predicted molar refractivity (Wildman–Crippen MR) is 80.5 cm³/mol. The Morgan fingerprint density at radius 3 is 2.89 bits per heavy atom. The second-order valence-corrected chi connectivity index (χ2v) is 5.79. The van der Waals surface area contributed by atoms with E-state index in [-0.39, 0.29) is 11.9 Å². The van der Waals surface area contributed by atoms with Gasteiger partial charge in [-0.25, -0.2) is 4.39 Å². The summed E-state index contributed by atoms with van der Waals surface area (Å²) in [4.78, 5) is 0.987. The Morgan fingerprint density at radius 1 is 1.42 bits per heavy atom. The summed E-state index contributed by atoms with van der Waals surface area (Å²) in [5, 5.41) is 5.27. The zero-order valence-electron chi connectivity index (χ0n) is 10.7. The van der Waals surface area contributed by atoms with Crippen molar-refractivity contribution in [2.75, 3.05) is 13.7 Å². The maximum Gasteiger partial charge on any atom is 0.142 e. The van der Waals surface area contributed by atoms with E-state index in [1.165, 1.54) is 0 Å². The van der Waals surface area contributed by atoms with Gasteiger partial charge < -0.3 is 10.1 Å². The average molecular weight is 344 g/mol. The van der Waals surface area contributed by atoms with E-state index < -0.39 is 0 Å². The SMILES string of the molecule is CCNC(c1cccc(Br)c1F)c1sccc1OC. The van der Waals surface area contributed by atoms with Crippen LogP contribution in [-0.2, 0) is 0 Å². The van der Waals surface area contributed by atoms with E-state index in [0.717, 1.165) is 17.2 Å². The summed E-state index contributed by atoms with van der Waals surface area (Å²) in [5.74, 6) is 0.555. The second kappa shape index (κ2) is 6.50. The molecule has 1 N–H and O–H groups in total. The van der Waals surface area contributed by atoms with Crippen molar-refractivity contribution >= 4 is 27.3 Å². The summed E-state index contributed by atoms with van der Waals surface area (Å²) in [6.07, 6.45) is 0. The first-order chi connectivity index (χ1) is 9.19. The van der Waals surface area contributed by atoms with Crippen molar-refractivity contribution in [3.8, 4) is 5.75 Å². The molecule has 0 radical (unpaired) electrons. The van der Waals surface area contributed by atoms with Crippen LogP contribution in [0.4, 0.5) is 4.39 Å². The molecule has 2 rings (SSSR count). The third kappa shape index (κ3) is 2.99. The number of rotatable bonds is 5. The molecule has 0 bridgehead atoms. The van der Waals surface area contributed by atoms with E-state index in [1.54, 1.807) is 30.6 Å². The molecule has 2 aromatic rings. The van der Waals surface area contributed by atoms with Crippen molar-refractivity contribution in [2.45, 2.75) is 13.0 Å². The Balaban J connectivity index is 2.48. The standard InChI is InChI=1S/C14H15BrFNOS/c1-3-17-13(14-11(18-2)7-8-19-14)9-5-4-6-10(15)12(9)16/h4-8,13,17H,3H2,1-2H3. The van der Waals surface area contributed by atoms with Gasteiger partial charge in [-0.05, 0) is 40.0 Å². The molecule has 5 heteroatoms. The van der Waals surface area contributed by atoms with Crippen molar-refractivity contribution in [3.63, 3.8) is 0 Å². The molecular weight excluding hydrogens is 329 g/mol. The molecule has 0 amide bonds. The lowest BCUT2D eigenvalue weighted by Crippen LogP contribution is -2.22. The maximum absolute atomic E-state index is 14.3. The van der Waals surface area contributed by atoms with Gasteiger partial charge in [0, 0.05) is 5.56 Å². The van der Waals surface area contributed by atoms with Crippen LogP contribution in [0.1, 0.15) is 23.4 Å². The lowest BCUT2D eigenvalue weighted by molar-refractivity contribution is 0.407. The highest BCUT2D eigenvalue weighted by atomic mass is 79.9. The zero-order valence-corrected chi connectivity index (χ0v) is 13.1. The van der Waals surface area contributed by atoms with Gasteiger partial charge in [-0.1, -0.05) is 19.1 Å². The van der Waals surface area contributed by atoms with Crippen molar-refractivity contribution < 1.29 is 9.13 Å². The molecule has 0 spiro atoms. The van der Waals surface area contributed by atoms with Gasteiger partial charge in [-0.15, -0.1) is 11.3 Å². The van der Waals surface area contributed by atoms with E-state index in [4.69, 9.17) is 4.74 Å². The van der Waals surface area contributed by atoms with Crippen LogP contribution in [0.2, 0.25) is 0 Å². The molecule has 0 saturated heterocycles. The highest BCUT2D eigenvalue weighted by molar-refractivity contribution is 9.10. The first-order valence-electron chi connectivity index (χ1n) is 5.97. The van der Waals surface area contributed by atoms with E-state index in [0.29, 0.717) is 10.0 Å². The van der Waals surface area contributed by atoms with Gasteiger partial charge in [0.1, 0.15) is 11.6 Å². The van der Waals surface area contributed by atoms with Crippen molar-refractivity contribution in [1.29, 1.82) is 0 Å². The number of thiophene rings is 1. The molecule has 2 nitrogen and oxygen atoms in total. The van der Waals surface area contributed by atoms with Gasteiger partial charge in [-0.3, -0.25) is 0 Å². The van der Waals surface area contributed by atoms with Crippen LogP contribution in [0.15, 0.2) is 34.1 Å². The van der Waals surface area contributed by atoms with Crippen LogP contribution in [0.3, 0.4) is 0 Å². The topological polar surface area (TPSA) is 21.3 Å². The summed E-state index contributed by atoms with van der Waals surface area (Å²) >= 11 is 4.80. The third-order valence-electron chi connectivity index (χ3n) is 2.84. The van der Waals surface area contributed by atoms with Crippen LogP contribution in [-0.4, -0.2) is 13.7 Å². The molecule has 1 aromatic carbocycles. The quantitative estimate of drug-likeness (QED) is 0.870. The van der Waals surface area contributed by atoms with Crippen LogP contribution in [0.5, 0.6) is 5.75 Å². The average Bonchev–Trinajstić information content (AvgIpc) is 2.88. The van der Waals surface area contributed by atoms with Crippen molar-refractivity contribution in [2.24, 2.45) is 0 Å². The Labute approximate surface area is 124 Å². The Hall–Kier alpha value is -0.910. The van der Waals surface area contributed by atoms with Crippen LogP contribution >= 0.6 is 27.3 Å². The number of hydrogen-bond acceptors (Lipinski definition) is 3. The first kappa shape index (κ1) is 14.5. The van der Waals surface area contributed by atoms with E-state index in [9.17, 15) is 4.39 Å². The number of ether oxygens (including phenoxy) is 1. The molecular formula is C14H15BrFNOS. The number of benzene rings is 1. The van der Waals surface area contributed by atoms with Gasteiger partial charge in [0.2, 0.25) is 0 Å². The third-order valence-corrected chi connectivity index (χ3v) is 4.42. The van der Waals surface area contributed by atoms with E-state index in [2.05, 4.69) is 21.2 Å². The van der Waals surface area contributed by atoms with Crippen LogP contribution in [0, 0.1) is 5.82 Å². The minimum atomic E-state index is -0.232. The van der Waals surface area contributed by atoms with Crippen LogP contribution in [0.25, 0.3) is 0 Å². The lowest BCUT2D eigenvalue weighted by atomic mass is 10.0. The Morgan fingerprint density at radius 2 is 2.21 bits per heavy atom. The van der Waals surface area contributed by atoms with Gasteiger partial charge in [0.15, 0.2) is 0 Å². The van der Waals surface area contributed by atoms with Crippen LogP contribution < -0.4 is 10.1 Å². The first-order valence-corrected chi connectivity index (χ1v) is 7.65. The molecule has 0 aliphatic carbocycles. The fraction of sp³-hybridized carbons (Fsp3) is 0.286. The molecule has 1 unspecified atom stereocenters. The molecule has 19 heavy (non-hydrogen) atoms. The Bertz CT molecular complexity index is 558. The molecule has 0 saturated carbocycles. The maximum atomic E-state index is 14.3. The molecule has 1 aromatic heterocycles. The van der Waals surface area contributed by atoms with Gasteiger partial charge in [0.05, 0.1) is 22.5 Å². The van der Waals surface area contributed by atoms with Gasteiger partial charge in [-0.2, -0.15) is 0 Å². The van der Waals surface area contributed by atoms with Gasteiger partial charge in [0.25, 0.3) is 0 Å². The lowest BCUT2D eigenvalue weighted by Gasteiger charge is -2.19. The van der Waals surface area contributed by atoms with Crippen molar-refractivity contribution in [3.05, 3.63) is 50.4 Å². The van der Waals surface area contributed by atoms with E-state index in [1.807, 2.05) is 24.4 Å². The van der Waals surface area contributed by atoms with Gasteiger partial charge >= 0.3 is 0 Å². The highest BCUT2D eigenvalue weighted by Crippen LogP contribution is 2.36. The highest BCUT2D eigenvalue weighted by Gasteiger charge is 2.22. The zero-order chi connectivity index (χ0) is 13.8. The summed E-state index contributed by atoms with van der Waals surface area (Å²) < 4.78 is 20.1. The number of methoxy groups -OCH3 is 1. The molecule has 102 valence electrons. The molecule has 1 atom stereocenters. The smallest absolute Gasteiger partial charge is 0.142 e. The molecule has 0 fully saturated rings. The normalized spacial score (nSPS) is 12.4. The Kier molecular flexibility index (Phi) is 4.96. The number of nitrogens with one attached hydrogen (secondary N) is 1. The largest absolute Gasteiger partial charge is 0.496 e. The monoisotopic (exact) mass is 343 g/mol. The minimum Gasteiger partial charge on any atom is -0.496 e. The summed E-state index contributed by atoms with van der Waals surface area (Å²) in [7, 11) is 1.63. The van der Waals surface area contributed by atoms with E-state index >= 15 is 0 Å². The summed E-state index contributed by atoms with van der Waals surface area (Å²) in [6.45, 7) is 2.75. The summed E-state index contributed by atoms with van der Waals surface area (Å²) in [5.41, 5.74) is 0.622. The molecule has 0 aliphatic rings. The fourth-order valence-corrected chi connectivity index (χ4v) is 3.31. The second-order valence-electron chi connectivity index (χ2n) is 3.99. The predicted octanol–water partition coefficient (Wildman–Crippen LogP) is 4.36.